The average molecular weight is 265 g/mol. The number of aromatic nitrogens is 2. The van der Waals surface area contributed by atoms with E-state index in [9.17, 15) is 5.11 Å². The van der Waals surface area contributed by atoms with E-state index < -0.39 is 0 Å². The molecule has 0 fully saturated rings. The summed E-state index contributed by atoms with van der Waals surface area (Å²) in [6, 6.07) is 7.75. The Hall–Kier alpha value is -1.32. The van der Waals surface area contributed by atoms with Gasteiger partial charge < -0.3 is 5.11 Å². The van der Waals surface area contributed by atoms with Crippen molar-refractivity contribution in [1.82, 2.24) is 9.78 Å². The van der Waals surface area contributed by atoms with Crippen molar-refractivity contribution in [3.8, 4) is 0 Å². The highest BCUT2D eigenvalue weighted by Gasteiger charge is 2.13. The lowest BCUT2D eigenvalue weighted by molar-refractivity contribution is 0.279. The molecule has 0 aliphatic carbocycles. The summed E-state index contributed by atoms with van der Waals surface area (Å²) in [5.74, 6) is 0.328. The molecule has 0 saturated heterocycles. The second kappa shape index (κ2) is 5.55. The van der Waals surface area contributed by atoms with E-state index in [-0.39, 0.29) is 6.61 Å². The zero-order chi connectivity index (χ0) is 13.1. The van der Waals surface area contributed by atoms with Crippen molar-refractivity contribution in [2.75, 3.05) is 0 Å². The molecular weight excluding hydrogens is 248 g/mol. The maximum atomic E-state index is 9.32. The summed E-state index contributed by atoms with van der Waals surface area (Å²) in [4.78, 5) is 0. The van der Waals surface area contributed by atoms with Crippen LogP contribution in [-0.2, 0) is 13.2 Å². The number of aliphatic hydroxyl groups excluding tert-OH is 1. The first-order valence-electron chi connectivity index (χ1n) is 6.01. The van der Waals surface area contributed by atoms with Gasteiger partial charge in [0, 0.05) is 16.3 Å². The van der Waals surface area contributed by atoms with Gasteiger partial charge in [0.15, 0.2) is 0 Å². The van der Waals surface area contributed by atoms with Gasteiger partial charge in [0.25, 0.3) is 0 Å². The van der Waals surface area contributed by atoms with Crippen LogP contribution in [0.2, 0.25) is 5.02 Å². The topological polar surface area (TPSA) is 38.1 Å². The van der Waals surface area contributed by atoms with Gasteiger partial charge in [0.1, 0.15) is 0 Å². The van der Waals surface area contributed by atoms with Crippen LogP contribution in [-0.4, -0.2) is 14.9 Å². The van der Waals surface area contributed by atoms with Gasteiger partial charge in [-0.1, -0.05) is 37.6 Å². The van der Waals surface area contributed by atoms with Crippen molar-refractivity contribution in [2.24, 2.45) is 0 Å². The Labute approximate surface area is 112 Å². The molecule has 18 heavy (non-hydrogen) atoms. The fourth-order valence-corrected chi connectivity index (χ4v) is 2.37. The second-order valence-corrected chi connectivity index (χ2v) is 5.09. The first-order valence-corrected chi connectivity index (χ1v) is 6.39. The predicted molar refractivity (Wildman–Crippen MR) is 72.8 cm³/mol. The summed E-state index contributed by atoms with van der Waals surface area (Å²) in [6.07, 6.45) is 1.74. The molecular formula is C14H17ClN2O. The van der Waals surface area contributed by atoms with Crippen LogP contribution in [0.25, 0.3) is 0 Å². The number of nitrogens with zero attached hydrogens (tertiary/aromatic N) is 2. The van der Waals surface area contributed by atoms with Crippen molar-refractivity contribution < 1.29 is 5.11 Å². The van der Waals surface area contributed by atoms with Gasteiger partial charge in [0.05, 0.1) is 19.3 Å². The Morgan fingerprint density at radius 2 is 2.17 bits per heavy atom. The van der Waals surface area contributed by atoms with Gasteiger partial charge in [-0.2, -0.15) is 5.10 Å². The smallest absolute Gasteiger partial charge is 0.0715 e. The van der Waals surface area contributed by atoms with E-state index >= 15 is 0 Å². The van der Waals surface area contributed by atoms with E-state index in [2.05, 4.69) is 18.9 Å². The number of rotatable bonds is 4. The molecule has 0 aliphatic heterocycles. The number of aliphatic hydroxyl groups is 1. The molecule has 1 aromatic heterocycles. The molecule has 4 heteroatoms. The van der Waals surface area contributed by atoms with Crippen molar-refractivity contribution in [2.45, 2.75) is 32.9 Å². The Kier molecular flexibility index (Phi) is 4.04. The quantitative estimate of drug-likeness (QED) is 0.921. The molecule has 0 atom stereocenters. The summed E-state index contributed by atoms with van der Waals surface area (Å²) >= 11 is 5.98. The molecule has 0 saturated carbocycles. The van der Waals surface area contributed by atoms with Gasteiger partial charge in [-0.15, -0.1) is 0 Å². The van der Waals surface area contributed by atoms with Crippen LogP contribution in [0, 0.1) is 0 Å². The maximum Gasteiger partial charge on any atom is 0.0715 e. The monoisotopic (exact) mass is 264 g/mol. The molecule has 2 aromatic rings. The fraction of sp³-hybridized carbons (Fsp3) is 0.357. The van der Waals surface area contributed by atoms with E-state index in [4.69, 9.17) is 11.6 Å². The van der Waals surface area contributed by atoms with Gasteiger partial charge in [-0.25, -0.2) is 0 Å². The molecule has 1 aromatic carbocycles. The summed E-state index contributed by atoms with van der Waals surface area (Å²) in [5.41, 5.74) is 3.08. The molecule has 96 valence electrons. The van der Waals surface area contributed by atoms with E-state index in [1.165, 1.54) is 0 Å². The SMILES string of the molecule is CC(C)c1c(CO)cnn1Cc1cccc(Cl)c1. The van der Waals surface area contributed by atoms with Crippen LogP contribution in [0.15, 0.2) is 30.5 Å². The first-order chi connectivity index (χ1) is 8.61. The third-order valence-corrected chi connectivity index (χ3v) is 3.13. The summed E-state index contributed by atoms with van der Waals surface area (Å²) < 4.78 is 1.93. The van der Waals surface area contributed by atoms with Gasteiger partial charge >= 0.3 is 0 Å². The Morgan fingerprint density at radius 3 is 2.78 bits per heavy atom. The Morgan fingerprint density at radius 1 is 1.39 bits per heavy atom. The van der Waals surface area contributed by atoms with Crippen LogP contribution in [0.4, 0.5) is 0 Å². The number of hydrogen-bond donors (Lipinski definition) is 1. The van der Waals surface area contributed by atoms with E-state index in [1.54, 1.807) is 6.20 Å². The van der Waals surface area contributed by atoms with Crippen LogP contribution in [0.1, 0.15) is 36.6 Å². The van der Waals surface area contributed by atoms with E-state index in [0.29, 0.717) is 12.5 Å². The predicted octanol–water partition coefficient (Wildman–Crippen LogP) is 3.20. The van der Waals surface area contributed by atoms with E-state index in [1.807, 2.05) is 28.9 Å². The minimum absolute atomic E-state index is 0.0308. The minimum atomic E-state index is 0.0308. The number of benzene rings is 1. The first kappa shape index (κ1) is 13.1. The normalized spacial score (nSPS) is 11.2. The third kappa shape index (κ3) is 2.74. The molecule has 1 N–H and O–H groups in total. The highest BCUT2D eigenvalue weighted by atomic mass is 35.5. The molecule has 0 amide bonds. The van der Waals surface area contributed by atoms with Crippen LogP contribution in [0.5, 0.6) is 0 Å². The lowest BCUT2D eigenvalue weighted by Gasteiger charge is -2.12. The highest BCUT2D eigenvalue weighted by Crippen LogP contribution is 2.21. The summed E-state index contributed by atoms with van der Waals surface area (Å²) in [6.45, 7) is 4.91. The largest absolute Gasteiger partial charge is 0.392 e. The Balaban J connectivity index is 2.32. The summed E-state index contributed by atoms with van der Waals surface area (Å²) in [7, 11) is 0. The molecule has 0 radical (unpaired) electrons. The highest BCUT2D eigenvalue weighted by molar-refractivity contribution is 6.30. The number of hydrogen-bond acceptors (Lipinski definition) is 2. The molecule has 0 unspecified atom stereocenters. The minimum Gasteiger partial charge on any atom is -0.392 e. The van der Waals surface area contributed by atoms with Crippen molar-refractivity contribution in [1.29, 1.82) is 0 Å². The lowest BCUT2D eigenvalue weighted by atomic mass is 10.1. The van der Waals surface area contributed by atoms with Gasteiger partial charge in [-0.05, 0) is 23.6 Å². The second-order valence-electron chi connectivity index (χ2n) is 4.66. The molecule has 3 nitrogen and oxygen atoms in total. The Bertz CT molecular complexity index is 534. The fourth-order valence-electron chi connectivity index (χ4n) is 2.16. The molecule has 0 spiro atoms. The lowest BCUT2D eigenvalue weighted by Crippen LogP contribution is -2.09. The van der Waals surface area contributed by atoms with E-state index in [0.717, 1.165) is 21.8 Å². The van der Waals surface area contributed by atoms with Crippen LogP contribution in [0.3, 0.4) is 0 Å². The zero-order valence-corrected chi connectivity index (χ0v) is 11.4. The van der Waals surface area contributed by atoms with Gasteiger partial charge in [0.2, 0.25) is 0 Å². The maximum absolute atomic E-state index is 9.32. The standard InChI is InChI=1S/C14H17ClN2O/c1-10(2)14-12(9-18)7-16-17(14)8-11-4-3-5-13(15)6-11/h3-7,10,18H,8-9H2,1-2H3. The van der Waals surface area contributed by atoms with Crippen LogP contribution < -0.4 is 0 Å². The van der Waals surface area contributed by atoms with Crippen molar-refractivity contribution >= 4 is 11.6 Å². The zero-order valence-electron chi connectivity index (χ0n) is 10.6. The molecule has 1 heterocycles. The molecule has 2 rings (SSSR count). The van der Waals surface area contributed by atoms with Crippen molar-refractivity contribution in [3.63, 3.8) is 0 Å². The molecule has 0 bridgehead atoms. The van der Waals surface area contributed by atoms with Crippen LogP contribution >= 0.6 is 11.6 Å². The summed E-state index contributed by atoms with van der Waals surface area (Å²) in [5, 5.41) is 14.4. The third-order valence-electron chi connectivity index (χ3n) is 2.90. The molecule has 0 aliphatic rings. The number of halogens is 1. The van der Waals surface area contributed by atoms with Gasteiger partial charge in [-0.3, -0.25) is 4.68 Å². The van der Waals surface area contributed by atoms with Crippen molar-refractivity contribution in [3.05, 3.63) is 52.3 Å². The average Bonchev–Trinajstić information content (AvgIpc) is 2.72.